The Morgan fingerprint density at radius 2 is 2.07 bits per heavy atom. The lowest BCUT2D eigenvalue weighted by atomic mass is 10.1. The standard InChI is InChI=1S/C22H29ClN6O/c1-13(2)12-29-20(23)19(15(5)26-29)17-7-6-10-28(17)18-11-16(8-9-24-18)22-25-21(14(3)4)27-30-22/h8-9,11,13-14,17H,6-7,10,12H2,1-5H3. The second-order valence-corrected chi connectivity index (χ2v) is 9.09. The summed E-state index contributed by atoms with van der Waals surface area (Å²) in [6.45, 7) is 12.2. The number of halogens is 1. The van der Waals surface area contributed by atoms with Crippen molar-refractivity contribution in [1.29, 1.82) is 0 Å². The van der Waals surface area contributed by atoms with Gasteiger partial charge in [0, 0.05) is 36.3 Å². The maximum Gasteiger partial charge on any atom is 0.258 e. The fourth-order valence-electron chi connectivity index (χ4n) is 4.05. The van der Waals surface area contributed by atoms with E-state index in [-0.39, 0.29) is 12.0 Å². The molecule has 0 bridgehead atoms. The number of aryl methyl sites for hydroxylation is 1. The van der Waals surface area contributed by atoms with Gasteiger partial charge in [0.25, 0.3) is 5.89 Å². The summed E-state index contributed by atoms with van der Waals surface area (Å²) in [5, 5.41) is 9.54. The van der Waals surface area contributed by atoms with Crippen molar-refractivity contribution in [3.05, 3.63) is 40.6 Å². The van der Waals surface area contributed by atoms with Crippen LogP contribution < -0.4 is 4.90 Å². The first-order valence-corrected chi connectivity index (χ1v) is 11.0. The van der Waals surface area contributed by atoms with Crippen LogP contribution in [0.2, 0.25) is 5.15 Å². The molecule has 4 rings (SSSR count). The Kier molecular flexibility index (Phi) is 5.82. The molecule has 0 N–H and O–H groups in total. The number of hydrogen-bond donors (Lipinski definition) is 0. The lowest BCUT2D eigenvalue weighted by molar-refractivity contribution is 0.419. The quantitative estimate of drug-likeness (QED) is 0.522. The molecule has 0 aromatic carbocycles. The highest BCUT2D eigenvalue weighted by Gasteiger charge is 2.32. The lowest BCUT2D eigenvalue weighted by Gasteiger charge is -2.26. The van der Waals surface area contributed by atoms with Crippen LogP contribution in [0.3, 0.4) is 0 Å². The molecule has 0 amide bonds. The molecule has 30 heavy (non-hydrogen) atoms. The summed E-state index contributed by atoms with van der Waals surface area (Å²) < 4.78 is 7.41. The average molecular weight is 429 g/mol. The minimum Gasteiger partial charge on any atom is -0.349 e. The average Bonchev–Trinajstić information content (AvgIpc) is 3.42. The van der Waals surface area contributed by atoms with Gasteiger partial charge < -0.3 is 9.42 Å². The molecule has 4 heterocycles. The molecule has 1 saturated heterocycles. The molecule has 0 spiro atoms. The van der Waals surface area contributed by atoms with Crippen molar-refractivity contribution in [2.24, 2.45) is 5.92 Å². The maximum absolute atomic E-state index is 6.79. The molecule has 0 radical (unpaired) electrons. The van der Waals surface area contributed by atoms with Crippen LogP contribution in [0.5, 0.6) is 0 Å². The molecular formula is C22H29ClN6O. The summed E-state index contributed by atoms with van der Waals surface area (Å²) in [5.74, 6) is 2.84. The van der Waals surface area contributed by atoms with E-state index in [1.54, 1.807) is 6.20 Å². The Labute approximate surface area is 182 Å². The van der Waals surface area contributed by atoms with E-state index < -0.39 is 0 Å². The van der Waals surface area contributed by atoms with Gasteiger partial charge in [0.05, 0.1) is 11.7 Å². The summed E-state index contributed by atoms with van der Waals surface area (Å²) in [6.07, 6.45) is 3.91. The van der Waals surface area contributed by atoms with Crippen LogP contribution in [0.1, 0.15) is 69.6 Å². The van der Waals surface area contributed by atoms with E-state index in [2.05, 4.69) is 33.9 Å². The number of rotatable bonds is 6. The largest absolute Gasteiger partial charge is 0.349 e. The van der Waals surface area contributed by atoms with Crippen LogP contribution in [0.4, 0.5) is 5.82 Å². The van der Waals surface area contributed by atoms with Crippen molar-refractivity contribution in [3.8, 4) is 11.5 Å². The molecule has 3 aromatic heterocycles. The number of hydrogen-bond acceptors (Lipinski definition) is 6. The minimum atomic E-state index is 0.162. The van der Waals surface area contributed by atoms with Gasteiger partial charge in [-0.15, -0.1) is 0 Å². The van der Waals surface area contributed by atoms with Gasteiger partial charge in [0.15, 0.2) is 5.82 Å². The molecule has 7 nitrogen and oxygen atoms in total. The molecule has 1 unspecified atom stereocenters. The van der Waals surface area contributed by atoms with E-state index in [1.165, 1.54) is 0 Å². The Morgan fingerprint density at radius 3 is 2.77 bits per heavy atom. The summed E-state index contributed by atoms with van der Waals surface area (Å²) in [6, 6.07) is 4.10. The van der Waals surface area contributed by atoms with Crippen molar-refractivity contribution in [2.45, 2.75) is 66.0 Å². The van der Waals surface area contributed by atoms with Gasteiger partial charge >= 0.3 is 0 Å². The third-order valence-electron chi connectivity index (χ3n) is 5.48. The molecule has 1 aliphatic rings. The third kappa shape index (κ3) is 3.95. The fraction of sp³-hybridized carbons (Fsp3) is 0.545. The monoisotopic (exact) mass is 428 g/mol. The van der Waals surface area contributed by atoms with Crippen LogP contribution in [0.15, 0.2) is 22.9 Å². The fourth-order valence-corrected chi connectivity index (χ4v) is 4.42. The van der Waals surface area contributed by atoms with Crippen molar-refractivity contribution in [1.82, 2.24) is 24.9 Å². The normalized spacial score (nSPS) is 16.9. The molecule has 1 fully saturated rings. The van der Waals surface area contributed by atoms with Gasteiger partial charge in [-0.05, 0) is 37.8 Å². The third-order valence-corrected chi connectivity index (χ3v) is 5.88. The van der Waals surface area contributed by atoms with E-state index in [9.17, 15) is 0 Å². The van der Waals surface area contributed by atoms with Crippen LogP contribution in [-0.4, -0.2) is 31.4 Å². The zero-order valence-electron chi connectivity index (χ0n) is 18.3. The van der Waals surface area contributed by atoms with E-state index in [1.807, 2.05) is 37.6 Å². The molecular weight excluding hydrogens is 400 g/mol. The van der Waals surface area contributed by atoms with Crippen LogP contribution in [-0.2, 0) is 6.54 Å². The van der Waals surface area contributed by atoms with Gasteiger partial charge in [-0.1, -0.05) is 44.5 Å². The first kappa shape index (κ1) is 20.8. The number of aromatic nitrogens is 5. The predicted molar refractivity (Wildman–Crippen MR) is 118 cm³/mol. The number of nitrogens with zero attached hydrogens (tertiary/aromatic N) is 6. The van der Waals surface area contributed by atoms with Crippen LogP contribution in [0.25, 0.3) is 11.5 Å². The first-order chi connectivity index (χ1) is 14.3. The summed E-state index contributed by atoms with van der Waals surface area (Å²) in [5.41, 5.74) is 2.98. The first-order valence-electron chi connectivity index (χ1n) is 10.6. The predicted octanol–water partition coefficient (Wildman–Crippen LogP) is 5.41. The molecule has 3 aromatic rings. The Bertz CT molecular complexity index is 1020. The molecule has 1 atom stereocenters. The van der Waals surface area contributed by atoms with E-state index in [0.29, 0.717) is 17.6 Å². The second-order valence-electron chi connectivity index (χ2n) is 8.73. The van der Waals surface area contributed by atoms with E-state index >= 15 is 0 Å². The molecule has 1 aliphatic heterocycles. The van der Waals surface area contributed by atoms with Crippen LogP contribution in [0, 0.1) is 12.8 Å². The van der Waals surface area contributed by atoms with Gasteiger partial charge in [-0.25, -0.2) is 4.98 Å². The minimum absolute atomic E-state index is 0.162. The Balaban J connectivity index is 1.65. The number of anilines is 1. The van der Waals surface area contributed by atoms with Gasteiger partial charge in [0.1, 0.15) is 11.0 Å². The highest BCUT2D eigenvalue weighted by Crippen LogP contribution is 2.40. The lowest BCUT2D eigenvalue weighted by Crippen LogP contribution is -2.24. The van der Waals surface area contributed by atoms with Crippen molar-refractivity contribution < 1.29 is 4.52 Å². The van der Waals surface area contributed by atoms with Crippen LogP contribution >= 0.6 is 11.6 Å². The molecule has 0 saturated carbocycles. The zero-order valence-corrected chi connectivity index (χ0v) is 19.0. The molecule has 160 valence electrons. The zero-order chi connectivity index (χ0) is 21.4. The Morgan fingerprint density at radius 1 is 1.27 bits per heavy atom. The Hall–Kier alpha value is -2.41. The highest BCUT2D eigenvalue weighted by molar-refractivity contribution is 6.30. The topological polar surface area (TPSA) is 72.9 Å². The molecule has 0 aliphatic carbocycles. The van der Waals surface area contributed by atoms with Gasteiger partial charge in [-0.3, -0.25) is 4.68 Å². The SMILES string of the molecule is Cc1nn(CC(C)C)c(Cl)c1C1CCCN1c1cc(-c2nc(C(C)C)no2)ccn1. The summed E-state index contributed by atoms with van der Waals surface area (Å²) >= 11 is 6.79. The van der Waals surface area contributed by atoms with Crippen molar-refractivity contribution in [3.63, 3.8) is 0 Å². The maximum atomic E-state index is 6.79. The molecule has 8 heteroatoms. The van der Waals surface area contributed by atoms with Gasteiger partial charge in [-0.2, -0.15) is 10.1 Å². The second kappa shape index (κ2) is 8.38. The number of pyridine rings is 1. The van der Waals surface area contributed by atoms with Crippen molar-refractivity contribution in [2.75, 3.05) is 11.4 Å². The summed E-state index contributed by atoms with van der Waals surface area (Å²) in [4.78, 5) is 11.5. The van der Waals surface area contributed by atoms with E-state index in [4.69, 9.17) is 21.2 Å². The van der Waals surface area contributed by atoms with Crippen molar-refractivity contribution >= 4 is 17.4 Å². The smallest absolute Gasteiger partial charge is 0.258 e. The highest BCUT2D eigenvalue weighted by atomic mass is 35.5. The van der Waals surface area contributed by atoms with Gasteiger partial charge in [0.2, 0.25) is 0 Å². The van der Waals surface area contributed by atoms with E-state index in [0.717, 1.165) is 53.7 Å². The summed E-state index contributed by atoms with van der Waals surface area (Å²) in [7, 11) is 0.